The van der Waals surface area contributed by atoms with E-state index in [9.17, 15) is 31.1 Å². The number of sulfonamides is 1. The fourth-order valence-corrected chi connectivity index (χ4v) is 3.48. The summed E-state index contributed by atoms with van der Waals surface area (Å²) in [4.78, 5) is 0. The van der Waals surface area contributed by atoms with Crippen molar-refractivity contribution in [2.24, 2.45) is 0 Å². The molecule has 3 rings (SSSR count). The normalized spacial score (nSPS) is 13.3. The smallest absolute Gasteiger partial charge is 0.433 e. The number of ether oxygens (including phenoxy) is 1. The lowest BCUT2D eigenvalue weighted by molar-refractivity contribution is -0.139. The molecule has 0 radical (unpaired) electrons. The molecule has 174 valence electrons. The van der Waals surface area contributed by atoms with Gasteiger partial charge in [0.15, 0.2) is 0 Å². The number of fused-ring (bicyclic) bond motifs is 1. The average molecular weight is 476 g/mol. The van der Waals surface area contributed by atoms with Gasteiger partial charge >= 0.3 is 6.18 Å². The summed E-state index contributed by atoms with van der Waals surface area (Å²) < 4.78 is 82.4. The van der Waals surface area contributed by atoms with Gasteiger partial charge in [0, 0.05) is 24.5 Å². The Morgan fingerprint density at radius 3 is 2.62 bits per heavy atom. The van der Waals surface area contributed by atoms with Crippen molar-refractivity contribution in [2.75, 3.05) is 30.7 Å². The van der Waals surface area contributed by atoms with E-state index < -0.39 is 33.8 Å². The first-order chi connectivity index (χ1) is 14.9. The van der Waals surface area contributed by atoms with E-state index in [1.54, 1.807) is 0 Å². The van der Waals surface area contributed by atoms with E-state index in [0.717, 1.165) is 12.3 Å². The van der Waals surface area contributed by atoms with E-state index >= 15 is 0 Å². The monoisotopic (exact) mass is 476 g/mol. The van der Waals surface area contributed by atoms with Crippen LogP contribution in [-0.4, -0.2) is 49.7 Å². The minimum Gasteiger partial charge on any atom is -0.492 e. The molecule has 13 heteroatoms. The molecule has 1 aromatic heterocycles. The molecule has 0 bridgehead atoms. The van der Waals surface area contributed by atoms with Gasteiger partial charge in [-0.2, -0.15) is 18.3 Å². The third kappa shape index (κ3) is 6.08. The fourth-order valence-electron chi connectivity index (χ4n) is 2.92. The number of halogens is 4. The van der Waals surface area contributed by atoms with Crippen molar-refractivity contribution in [1.82, 2.24) is 15.5 Å². The van der Waals surface area contributed by atoms with Crippen LogP contribution in [0, 0.1) is 5.82 Å². The van der Waals surface area contributed by atoms with Gasteiger partial charge in [-0.15, -0.1) is 0 Å². The number of hydrogen-bond acceptors (Lipinski definition) is 6. The van der Waals surface area contributed by atoms with E-state index in [4.69, 9.17) is 4.74 Å². The highest BCUT2D eigenvalue weighted by atomic mass is 32.2. The molecule has 32 heavy (non-hydrogen) atoms. The number of H-pyrrole nitrogens is 1. The molecule has 0 aliphatic rings. The lowest BCUT2D eigenvalue weighted by Gasteiger charge is -2.14. The first-order valence-electron chi connectivity index (χ1n) is 9.28. The molecular weight excluding hydrogens is 456 g/mol. The molecule has 1 heterocycles. The van der Waals surface area contributed by atoms with Crippen LogP contribution in [0.2, 0.25) is 0 Å². The predicted octanol–water partition coefficient (Wildman–Crippen LogP) is 2.79. The number of hydrogen-bond donors (Lipinski definition) is 4. The maximum atomic E-state index is 14.0. The summed E-state index contributed by atoms with van der Waals surface area (Å²) in [6.45, 7) is 0.509. The van der Waals surface area contributed by atoms with Crippen LogP contribution in [0.1, 0.15) is 17.4 Å². The summed E-state index contributed by atoms with van der Waals surface area (Å²) in [5.41, 5.74) is -0.777. The highest BCUT2D eigenvalue weighted by molar-refractivity contribution is 7.92. The minimum absolute atomic E-state index is 0.0592. The highest BCUT2D eigenvalue weighted by Crippen LogP contribution is 2.34. The van der Waals surface area contributed by atoms with Crippen molar-refractivity contribution in [2.45, 2.75) is 12.3 Å². The standard InChI is InChI=1S/C19H20F4N4O4S/c1-32(29,30)27-15-5-2-11(8-14(15)20)17(28)10-24-6-7-31-12-3-4-13-16(9-12)25-26-18(13)19(21,22)23/h2-5,8-9,17,24,27-28H,6-7,10H2,1H3,(H,25,26)/t17-/m0/s1. The number of benzene rings is 2. The Hall–Kier alpha value is -2.90. The largest absolute Gasteiger partial charge is 0.492 e. The van der Waals surface area contributed by atoms with Crippen LogP contribution in [0.25, 0.3) is 10.9 Å². The van der Waals surface area contributed by atoms with Crippen LogP contribution in [-0.2, 0) is 16.2 Å². The second-order valence-corrected chi connectivity index (χ2v) is 8.71. The Kier molecular flexibility index (Phi) is 6.91. The van der Waals surface area contributed by atoms with Gasteiger partial charge in [0.1, 0.15) is 23.9 Å². The zero-order valence-corrected chi connectivity index (χ0v) is 17.5. The summed E-state index contributed by atoms with van der Waals surface area (Å²) in [6, 6.07) is 7.69. The molecule has 0 saturated heterocycles. The van der Waals surface area contributed by atoms with Crippen LogP contribution in [0.3, 0.4) is 0 Å². The highest BCUT2D eigenvalue weighted by Gasteiger charge is 2.35. The van der Waals surface area contributed by atoms with Gasteiger partial charge in [-0.3, -0.25) is 9.82 Å². The van der Waals surface area contributed by atoms with Gasteiger partial charge in [-0.05, 0) is 29.8 Å². The predicted molar refractivity (Wildman–Crippen MR) is 109 cm³/mol. The van der Waals surface area contributed by atoms with Crippen LogP contribution in [0.5, 0.6) is 5.75 Å². The average Bonchev–Trinajstić information content (AvgIpc) is 3.12. The number of anilines is 1. The Morgan fingerprint density at radius 2 is 1.97 bits per heavy atom. The quantitative estimate of drug-likeness (QED) is 0.279. The number of nitrogens with zero attached hydrogens (tertiary/aromatic N) is 1. The van der Waals surface area contributed by atoms with Crippen LogP contribution < -0.4 is 14.8 Å². The number of aliphatic hydroxyl groups is 1. The van der Waals surface area contributed by atoms with E-state index in [-0.39, 0.29) is 35.3 Å². The Balaban J connectivity index is 1.48. The maximum Gasteiger partial charge on any atom is 0.433 e. The number of aliphatic hydroxyl groups excluding tert-OH is 1. The summed E-state index contributed by atoms with van der Waals surface area (Å²) in [5.74, 6) is -0.492. The summed E-state index contributed by atoms with van der Waals surface area (Å²) in [7, 11) is -3.63. The van der Waals surface area contributed by atoms with Gasteiger partial charge in [0.25, 0.3) is 0 Å². The minimum atomic E-state index is -4.53. The molecule has 0 aliphatic heterocycles. The summed E-state index contributed by atoms with van der Waals surface area (Å²) in [5, 5.41) is 18.6. The number of aromatic nitrogens is 2. The molecule has 8 nitrogen and oxygen atoms in total. The van der Waals surface area contributed by atoms with E-state index in [1.807, 2.05) is 9.82 Å². The molecule has 4 N–H and O–H groups in total. The number of nitrogens with one attached hydrogen (secondary N) is 3. The number of rotatable bonds is 9. The Labute approximate surface area is 180 Å². The number of aromatic amines is 1. The zero-order valence-electron chi connectivity index (χ0n) is 16.7. The molecule has 0 aliphatic carbocycles. The second kappa shape index (κ2) is 9.30. The van der Waals surface area contributed by atoms with Crippen molar-refractivity contribution >= 4 is 26.6 Å². The van der Waals surface area contributed by atoms with Crippen LogP contribution in [0.15, 0.2) is 36.4 Å². The SMILES string of the molecule is CS(=O)(=O)Nc1ccc([C@@H](O)CNCCOc2ccc3c(C(F)(F)F)[nH]nc3c2)cc1F. The van der Waals surface area contributed by atoms with Crippen molar-refractivity contribution in [3.8, 4) is 5.75 Å². The summed E-state index contributed by atoms with van der Waals surface area (Å²) >= 11 is 0. The maximum absolute atomic E-state index is 14.0. The van der Waals surface area contributed by atoms with Crippen molar-refractivity contribution in [3.05, 3.63) is 53.5 Å². The third-order valence-corrected chi connectivity index (χ3v) is 4.96. The molecule has 1 atom stereocenters. The molecule has 2 aromatic carbocycles. The van der Waals surface area contributed by atoms with Gasteiger partial charge in [-0.25, -0.2) is 12.8 Å². The molecule has 0 spiro atoms. The van der Waals surface area contributed by atoms with E-state index in [0.29, 0.717) is 12.3 Å². The van der Waals surface area contributed by atoms with Crippen LogP contribution >= 0.6 is 0 Å². The lowest BCUT2D eigenvalue weighted by Crippen LogP contribution is -2.26. The summed E-state index contributed by atoms with van der Waals surface area (Å²) in [6.07, 6.45) is -4.69. The van der Waals surface area contributed by atoms with Crippen molar-refractivity contribution < 1.29 is 35.8 Å². The number of alkyl halides is 3. The van der Waals surface area contributed by atoms with Crippen molar-refractivity contribution in [3.63, 3.8) is 0 Å². The third-order valence-electron chi connectivity index (χ3n) is 4.37. The fraction of sp³-hybridized carbons (Fsp3) is 0.316. The van der Waals surface area contributed by atoms with Crippen LogP contribution in [0.4, 0.5) is 23.2 Å². The molecule has 0 fully saturated rings. The molecule has 0 amide bonds. The van der Waals surface area contributed by atoms with Gasteiger partial charge in [0.2, 0.25) is 10.0 Å². The zero-order chi connectivity index (χ0) is 23.5. The molecule has 3 aromatic rings. The Morgan fingerprint density at radius 1 is 1.22 bits per heavy atom. The lowest BCUT2D eigenvalue weighted by atomic mass is 10.1. The second-order valence-electron chi connectivity index (χ2n) is 6.96. The first kappa shape index (κ1) is 23.8. The molecule has 0 saturated carbocycles. The topological polar surface area (TPSA) is 116 Å². The van der Waals surface area contributed by atoms with Gasteiger partial charge in [-0.1, -0.05) is 6.07 Å². The van der Waals surface area contributed by atoms with Crippen molar-refractivity contribution in [1.29, 1.82) is 0 Å². The molecule has 0 unspecified atom stereocenters. The van der Waals surface area contributed by atoms with E-state index in [1.165, 1.54) is 30.3 Å². The molecular formula is C19H20F4N4O4S. The van der Waals surface area contributed by atoms with Gasteiger partial charge < -0.3 is 15.2 Å². The Bertz CT molecular complexity index is 1200. The van der Waals surface area contributed by atoms with Gasteiger partial charge in [0.05, 0.1) is 23.6 Å². The van der Waals surface area contributed by atoms with E-state index in [2.05, 4.69) is 10.4 Å². The first-order valence-corrected chi connectivity index (χ1v) is 11.2.